The Labute approximate surface area is 126 Å². The van der Waals surface area contributed by atoms with Gasteiger partial charge in [0.2, 0.25) is 0 Å². The van der Waals surface area contributed by atoms with Crippen molar-refractivity contribution in [2.75, 3.05) is 6.61 Å². The summed E-state index contributed by atoms with van der Waals surface area (Å²) in [6.45, 7) is 6.80. The largest absolute Gasteiger partial charge is 0.490 e. The van der Waals surface area contributed by atoms with E-state index in [9.17, 15) is 9.90 Å². The smallest absolute Gasteiger partial charge is 0.339 e. The molecular weight excluding hydrogens is 268 g/mol. The minimum atomic E-state index is -0.983. The SMILES string of the molecule is CCOc1cccc(C(=O)O)c1OC1CC(C)CC(C)C1. The zero-order valence-corrected chi connectivity index (χ0v) is 13.0. The molecule has 0 heterocycles. The fourth-order valence-electron chi connectivity index (χ4n) is 3.21. The highest BCUT2D eigenvalue weighted by atomic mass is 16.5. The topological polar surface area (TPSA) is 55.8 Å². The summed E-state index contributed by atoms with van der Waals surface area (Å²) in [6.07, 6.45) is 3.19. The summed E-state index contributed by atoms with van der Waals surface area (Å²) >= 11 is 0. The first-order chi connectivity index (χ1) is 10.0. The van der Waals surface area contributed by atoms with Crippen molar-refractivity contribution in [2.24, 2.45) is 11.8 Å². The highest BCUT2D eigenvalue weighted by Gasteiger charge is 2.27. The van der Waals surface area contributed by atoms with E-state index in [1.165, 1.54) is 6.42 Å². The van der Waals surface area contributed by atoms with E-state index in [1.807, 2.05) is 6.92 Å². The highest BCUT2D eigenvalue weighted by Crippen LogP contribution is 2.37. The summed E-state index contributed by atoms with van der Waals surface area (Å²) in [5.41, 5.74) is 0.173. The molecule has 1 aromatic rings. The fraction of sp³-hybridized carbons (Fsp3) is 0.588. The van der Waals surface area contributed by atoms with E-state index in [-0.39, 0.29) is 11.7 Å². The van der Waals surface area contributed by atoms with Gasteiger partial charge in [0.25, 0.3) is 0 Å². The van der Waals surface area contributed by atoms with Crippen LogP contribution in [0.15, 0.2) is 18.2 Å². The molecular formula is C17H24O4. The molecule has 0 aromatic heterocycles. The zero-order valence-electron chi connectivity index (χ0n) is 13.0. The van der Waals surface area contributed by atoms with Crippen molar-refractivity contribution >= 4 is 5.97 Å². The lowest BCUT2D eigenvalue weighted by molar-refractivity contribution is 0.0671. The molecule has 0 spiro atoms. The molecule has 1 N–H and O–H groups in total. The number of carboxylic acids is 1. The first-order valence-corrected chi connectivity index (χ1v) is 7.67. The summed E-state index contributed by atoms with van der Waals surface area (Å²) in [5, 5.41) is 9.36. The second-order valence-electron chi connectivity index (χ2n) is 6.03. The van der Waals surface area contributed by atoms with Gasteiger partial charge in [-0.15, -0.1) is 0 Å². The number of rotatable bonds is 5. The van der Waals surface area contributed by atoms with Crippen LogP contribution >= 0.6 is 0 Å². The number of aromatic carboxylic acids is 1. The number of carboxylic acid groups (broad SMARTS) is 1. The van der Waals surface area contributed by atoms with Crippen molar-refractivity contribution < 1.29 is 19.4 Å². The van der Waals surface area contributed by atoms with Crippen LogP contribution in [0.2, 0.25) is 0 Å². The molecule has 1 fully saturated rings. The van der Waals surface area contributed by atoms with E-state index in [0.717, 1.165) is 12.8 Å². The van der Waals surface area contributed by atoms with Crippen LogP contribution in [-0.4, -0.2) is 23.8 Å². The van der Waals surface area contributed by atoms with E-state index in [2.05, 4.69) is 13.8 Å². The van der Waals surface area contributed by atoms with Crippen LogP contribution in [0.3, 0.4) is 0 Å². The van der Waals surface area contributed by atoms with Gasteiger partial charge in [0.15, 0.2) is 11.5 Å². The maximum absolute atomic E-state index is 11.4. The van der Waals surface area contributed by atoms with Crippen molar-refractivity contribution in [1.82, 2.24) is 0 Å². The molecule has 0 bridgehead atoms. The summed E-state index contributed by atoms with van der Waals surface area (Å²) in [5.74, 6) is 1.11. The normalized spacial score (nSPS) is 25.4. The maximum Gasteiger partial charge on any atom is 0.339 e. The molecule has 2 rings (SSSR count). The molecule has 0 aliphatic heterocycles. The third-order valence-corrected chi connectivity index (χ3v) is 3.93. The monoisotopic (exact) mass is 292 g/mol. The van der Waals surface area contributed by atoms with Gasteiger partial charge in [0, 0.05) is 0 Å². The van der Waals surface area contributed by atoms with Crippen molar-refractivity contribution in [3.05, 3.63) is 23.8 Å². The van der Waals surface area contributed by atoms with Gasteiger partial charge < -0.3 is 14.6 Å². The standard InChI is InChI=1S/C17H24O4/c1-4-20-15-7-5-6-14(17(18)19)16(15)21-13-9-11(2)8-12(3)10-13/h5-7,11-13H,4,8-10H2,1-3H3,(H,18,19). The summed E-state index contributed by atoms with van der Waals surface area (Å²) in [7, 11) is 0. The molecule has 1 aliphatic rings. The van der Waals surface area contributed by atoms with Crippen LogP contribution in [-0.2, 0) is 0 Å². The molecule has 4 nitrogen and oxygen atoms in total. The third kappa shape index (κ3) is 3.90. The Bertz CT molecular complexity index is 488. The first kappa shape index (κ1) is 15.7. The Morgan fingerprint density at radius 2 is 1.90 bits per heavy atom. The Balaban J connectivity index is 2.26. The summed E-state index contributed by atoms with van der Waals surface area (Å²) < 4.78 is 11.6. The number of ether oxygens (including phenoxy) is 2. The lowest BCUT2D eigenvalue weighted by Gasteiger charge is -2.32. The van der Waals surface area contributed by atoms with Gasteiger partial charge in [0.05, 0.1) is 12.7 Å². The average molecular weight is 292 g/mol. The fourth-order valence-corrected chi connectivity index (χ4v) is 3.21. The third-order valence-electron chi connectivity index (χ3n) is 3.93. The molecule has 21 heavy (non-hydrogen) atoms. The van der Waals surface area contributed by atoms with Gasteiger partial charge in [-0.1, -0.05) is 19.9 Å². The molecule has 0 amide bonds. The molecule has 0 saturated heterocycles. The van der Waals surface area contributed by atoms with Crippen LogP contribution in [0.4, 0.5) is 0 Å². The van der Waals surface area contributed by atoms with Crippen LogP contribution in [0.1, 0.15) is 50.4 Å². The lowest BCUT2D eigenvalue weighted by atomic mass is 9.82. The molecule has 0 radical (unpaired) electrons. The Morgan fingerprint density at radius 3 is 2.48 bits per heavy atom. The Hall–Kier alpha value is -1.71. The molecule has 4 heteroatoms. The first-order valence-electron chi connectivity index (χ1n) is 7.67. The zero-order chi connectivity index (χ0) is 15.4. The number of benzene rings is 1. The van der Waals surface area contributed by atoms with Gasteiger partial charge >= 0.3 is 5.97 Å². The van der Waals surface area contributed by atoms with Crippen molar-refractivity contribution in [3.8, 4) is 11.5 Å². The minimum Gasteiger partial charge on any atom is -0.490 e. The molecule has 1 aliphatic carbocycles. The van der Waals surface area contributed by atoms with Crippen molar-refractivity contribution in [3.63, 3.8) is 0 Å². The van der Waals surface area contributed by atoms with Crippen LogP contribution in [0.25, 0.3) is 0 Å². The van der Waals surface area contributed by atoms with E-state index >= 15 is 0 Å². The van der Waals surface area contributed by atoms with Gasteiger partial charge in [0.1, 0.15) is 5.56 Å². The summed E-state index contributed by atoms with van der Waals surface area (Å²) in [6, 6.07) is 5.02. The second kappa shape index (κ2) is 6.83. The average Bonchev–Trinajstić information content (AvgIpc) is 2.39. The molecule has 116 valence electrons. The number of hydrogen-bond donors (Lipinski definition) is 1. The van der Waals surface area contributed by atoms with Crippen molar-refractivity contribution in [1.29, 1.82) is 0 Å². The predicted molar refractivity (Wildman–Crippen MR) is 81.2 cm³/mol. The Kier molecular flexibility index (Phi) is 5.10. The Morgan fingerprint density at radius 1 is 1.24 bits per heavy atom. The quantitative estimate of drug-likeness (QED) is 0.891. The minimum absolute atomic E-state index is 0.0588. The molecule has 1 saturated carbocycles. The second-order valence-corrected chi connectivity index (χ2v) is 6.03. The van der Waals surface area contributed by atoms with Crippen LogP contribution in [0.5, 0.6) is 11.5 Å². The van der Waals surface area contributed by atoms with E-state index in [1.54, 1.807) is 18.2 Å². The van der Waals surface area contributed by atoms with Gasteiger partial charge in [-0.2, -0.15) is 0 Å². The van der Waals surface area contributed by atoms with Crippen LogP contribution in [0, 0.1) is 11.8 Å². The summed E-state index contributed by atoms with van der Waals surface area (Å²) in [4.78, 5) is 11.4. The van der Waals surface area contributed by atoms with E-state index < -0.39 is 5.97 Å². The predicted octanol–water partition coefficient (Wildman–Crippen LogP) is 3.99. The molecule has 2 unspecified atom stereocenters. The van der Waals surface area contributed by atoms with Gasteiger partial charge in [-0.25, -0.2) is 4.79 Å². The number of carbonyl (C=O) groups is 1. The number of para-hydroxylation sites is 1. The van der Waals surface area contributed by atoms with Crippen molar-refractivity contribution in [2.45, 2.75) is 46.1 Å². The molecule has 2 atom stereocenters. The lowest BCUT2D eigenvalue weighted by Crippen LogP contribution is -2.29. The van der Waals surface area contributed by atoms with Gasteiger partial charge in [-0.05, 0) is 50.2 Å². The van der Waals surface area contributed by atoms with Gasteiger partial charge in [-0.3, -0.25) is 0 Å². The highest BCUT2D eigenvalue weighted by molar-refractivity contribution is 5.92. The van der Waals surface area contributed by atoms with Crippen LogP contribution < -0.4 is 9.47 Å². The number of hydrogen-bond acceptors (Lipinski definition) is 3. The van der Waals surface area contributed by atoms with E-state index in [4.69, 9.17) is 9.47 Å². The molecule has 1 aromatic carbocycles. The maximum atomic E-state index is 11.4. The van der Waals surface area contributed by atoms with E-state index in [0.29, 0.717) is 29.9 Å².